The Morgan fingerprint density at radius 1 is 1.53 bits per heavy atom. The first-order valence-electron chi connectivity index (χ1n) is 6.20. The van der Waals surface area contributed by atoms with Crippen molar-refractivity contribution in [1.29, 1.82) is 0 Å². The molecule has 1 aliphatic rings. The van der Waals surface area contributed by atoms with E-state index in [0.717, 1.165) is 38.4 Å². The Kier molecular flexibility index (Phi) is 4.34. The Morgan fingerprint density at radius 3 is 3.12 bits per heavy atom. The molecule has 1 saturated heterocycles. The number of aryl methyl sites for hydroxylation is 1. The summed E-state index contributed by atoms with van der Waals surface area (Å²) in [6.07, 6.45) is 4.37. The number of aromatic nitrogens is 1. The Labute approximate surface area is 103 Å². The van der Waals surface area contributed by atoms with Gasteiger partial charge in [0.1, 0.15) is 5.82 Å². The summed E-state index contributed by atoms with van der Waals surface area (Å²) in [6, 6.07) is 4.24. The van der Waals surface area contributed by atoms with Gasteiger partial charge in [-0.05, 0) is 30.5 Å². The van der Waals surface area contributed by atoms with Gasteiger partial charge in [0.2, 0.25) is 0 Å². The predicted molar refractivity (Wildman–Crippen MR) is 69.5 cm³/mol. The second-order valence-corrected chi connectivity index (χ2v) is 4.65. The number of anilines is 1. The normalized spacial score (nSPS) is 20.2. The molecular formula is C13H21N3O. The summed E-state index contributed by atoms with van der Waals surface area (Å²) in [4.78, 5) is 6.35. The van der Waals surface area contributed by atoms with E-state index in [4.69, 9.17) is 4.74 Å². The van der Waals surface area contributed by atoms with Crippen LogP contribution in [0.2, 0.25) is 0 Å². The van der Waals surface area contributed by atoms with Gasteiger partial charge < -0.3 is 15.0 Å². The van der Waals surface area contributed by atoms with Crippen LogP contribution in [0.1, 0.15) is 12.0 Å². The van der Waals surface area contributed by atoms with Crippen molar-refractivity contribution in [3.05, 3.63) is 23.9 Å². The molecule has 4 heteroatoms. The van der Waals surface area contributed by atoms with Crippen molar-refractivity contribution < 1.29 is 4.74 Å². The molecule has 2 rings (SSSR count). The van der Waals surface area contributed by atoms with E-state index in [9.17, 15) is 0 Å². The Balaban J connectivity index is 1.87. The molecule has 1 aromatic heterocycles. The summed E-state index contributed by atoms with van der Waals surface area (Å²) in [5.74, 6) is 1.02. The van der Waals surface area contributed by atoms with E-state index in [-0.39, 0.29) is 0 Å². The number of rotatable bonds is 4. The summed E-state index contributed by atoms with van der Waals surface area (Å²) < 4.78 is 5.69. The highest BCUT2D eigenvalue weighted by Gasteiger charge is 2.13. The molecule has 1 unspecified atom stereocenters. The fourth-order valence-corrected chi connectivity index (χ4v) is 1.99. The zero-order valence-electron chi connectivity index (χ0n) is 10.6. The number of ether oxygens (including phenoxy) is 1. The minimum absolute atomic E-state index is 0.361. The summed E-state index contributed by atoms with van der Waals surface area (Å²) in [5.41, 5.74) is 1.33. The van der Waals surface area contributed by atoms with Gasteiger partial charge in [-0.2, -0.15) is 0 Å². The fourth-order valence-electron chi connectivity index (χ4n) is 1.99. The van der Waals surface area contributed by atoms with Crippen molar-refractivity contribution in [3.63, 3.8) is 0 Å². The fraction of sp³-hybridized carbons (Fsp3) is 0.615. The highest BCUT2D eigenvalue weighted by Crippen LogP contribution is 2.13. The Hall–Kier alpha value is -1.13. The van der Waals surface area contributed by atoms with Crippen LogP contribution in [0.5, 0.6) is 0 Å². The molecule has 1 fully saturated rings. The monoisotopic (exact) mass is 235 g/mol. The molecule has 1 N–H and O–H groups in total. The molecule has 1 aliphatic heterocycles. The highest BCUT2D eigenvalue weighted by atomic mass is 16.5. The number of pyridine rings is 1. The number of hydrogen-bond donors (Lipinski definition) is 1. The third-order valence-corrected chi connectivity index (χ3v) is 3.03. The minimum atomic E-state index is 0.361. The van der Waals surface area contributed by atoms with Crippen LogP contribution >= 0.6 is 0 Å². The van der Waals surface area contributed by atoms with Crippen LogP contribution in [-0.2, 0) is 11.2 Å². The summed E-state index contributed by atoms with van der Waals surface area (Å²) >= 11 is 0. The van der Waals surface area contributed by atoms with Gasteiger partial charge in [0.25, 0.3) is 0 Å². The third kappa shape index (κ3) is 3.68. The van der Waals surface area contributed by atoms with Crippen LogP contribution in [-0.4, -0.2) is 44.9 Å². The number of nitrogens with one attached hydrogen (secondary N) is 1. The standard InChI is InChI=1S/C13H21N3O/c1-16(2)13-9-11(5-6-15-13)3-4-12-10-14-7-8-17-12/h5-6,9,12,14H,3-4,7-8,10H2,1-2H3. The molecule has 0 bridgehead atoms. The van der Waals surface area contributed by atoms with Crippen LogP contribution in [0.3, 0.4) is 0 Å². The average Bonchev–Trinajstić information content (AvgIpc) is 2.38. The van der Waals surface area contributed by atoms with Crippen LogP contribution in [0.25, 0.3) is 0 Å². The smallest absolute Gasteiger partial charge is 0.128 e. The number of hydrogen-bond acceptors (Lipinski definition) is 4. The molecular weight excluding hydrogens is 214 g/mol. The molecule has 2 heterocycles. The summed E-state index contributed by atoms with van der Waals surface area (Å²) in [6.45, 7) is 2.80. The molecule has 0 amide bonds. The molecule has 17 heavy (non-hydrogen) atoms. The molecule has 0 radical (unpaired) electrons. The van der Waals surface area contributed by atoms with E-state index in [1.807, 2.05) is 25.2 Å². The van der Waals surface area contributed by atoms with Crippen LogP contribution in [0, 0.1) is 0 Å². The molecule has 1 atom stereocenters. The lowest BCUT2D eigenvalue weighted by atomic mass is 10.1. The van der Waals surface area contributed by atoms with Crippen LogP contribution in [0.15, 0.2) is 18.3 Å². The van der Waals surface area contributed by atoms with E-state index in [1.165, 1.54) is 5.56 Å². The van der Waals surface area contributed by atoms with Crippen molar-refractivity contribution in [2.45, 2.75) is 18.9 Å². The van der Waals surface area contributed by atoms with Crippen molar-refractivity contribution in [2.24, 2.45) is 0 Å². The molecule has 0 aliphatic carbocycles. The molecule has 94 valence electrons. The Bertz CT molecular complexity index is 348. The van der Waals surface area contributed by atoms with Crippen LogP contribution in [0.4, 0.5) is 5.82 Å². The molecule has 0 aromatic carbocycles. The van der Waals surface area contributed by atoms with Gasteiger partial charge >= 0.3 is 0 Å². The highest BCUT2D eigenvalue weighted by molar-refractivity contribution is 5.39. The minimum Gasteiger partial charge on any atom is -0.376 e. The molecule has 0 saturated carbocycles. The quantitative estimate of drug-likeness (QED) is 0.847. The van der Waals surface area contributed by atoms with Gasteiger partial charge in [-0.3, -0.25) is 0 Å². The van der Waals surface area contributed by atoms with Crippen LogP contribution < -0.4 is 10.2 Å². The zero-order chi connectivity index (χ0) is 12.1. The third-order valence-electron chi connectivity index (χ3n) is 3.03. The van der Waals surface area contributed by atoms with E-state index in [2.05, 4.69) is 22.4 Å². The van der Waals surface area contributed by atoms with Gasteiger partial charge in [0.15, 0.2) is 0 Å². The topological polar surface area (TPSA) is 37.4 Å². The summed E-state index contributed by atoms with van der Waals surface area (Å²) in [5, 5.41) is 3.36. The van der Waals surface area contributed by atoms with Crippen molar-refractivity contribution in [2.75, 3.05) is 38.7 Å². The maximum absolute atomic E-state index is 5.69. The van der Waals surface area contributed by atoms with Crippen molar-refractivity contribution >= 4 is 5.82 Å². The van der Waals surface area contributed by atoms with E-state index in [0.29, 0.717) is 6.10 Å². The first-order valence-corrected chi connectivity index (χ1v) is 6.20. The van der Waals surface area contributed by atoms with Gasteiger partial charge in [0, 0.05) is 33.4 Å². The maximum Gasteiger partial charge on any atom is 0.128 e. The second kappa shape index (κ2) is 5.98. The van der Waals surface area contributed by atoms with Gasteiger partial charge in [-0.25, -0.2) is 4.98 Å². The largest absolute Gasteiger partial charge is 0.376 e. The lowest BCUT2D eigenvalue weighted by molar-refractivity contribution is 0.0238. The molecule has 1 aromatic rings. The SMILES string of the molecule is CN(C)c1cc(CCC2CNCCO2)ccn1. The first-order chi connectivity index (χ1) is 8.25. The average molecular weight is 235 g/mol. The van der Waals surface area contributed by atoms with Crippen molar-refractivity contribution in [1.82, 2.24) is 10.3 Å². The Morgan fingerprint density at radius 2 is 2.41 bits per heavy atom. The van der Waals surface area contributed by atoms with Gasteiger partial charge in [-0.15, -0.1) is 0 Å². The lowest BCUT2D eigenvalue weighted by Crippen LogP contribution is -2.38. The van der Waals surface area contributed by atoms with E-state index in [1.54, 1.807) is 0 Å². The van der Waals surface area contributed by atoms with Gasteiger partial charge in [0.05, 0.1) is 12.7 Å². The first kappa shape index (κ1) is 12.3. The predicted octanol–water partition coefficient (Wildman–Crippen LogP) is 1.07. The maximum atomic E-state index is 5.69. The van der Waals surface area contributed by atoms with E-state index < -0.39 is 0 Å². The zero-order valence-corrected chi connectivity index (χ0v) is 10.6. The summed E-state index contributed by atoms with van der Waals surface area (Å²) in [7, 11) is 4.03. The molecule has 0 spiro atoms. The van der Waals surface area contributed by atoms with Gasteiger partial charge in [-0.1, -0.05) is 0 Å². The van der Waals surface area contributed by atoms with Crippen molar-refractivity contribution in [3.8, 4) is 0 Å². The lowest BCUT2D eigenvalue weighted by Gasteiger charge is -2.23. The molecule has 4 nitrogen and oxygen atoms in total. The van der Waals surface area contributed by atoms with E-state index >= 15 is 0 Å². The number of morpholine rings is 1. The number of nitrogens with zero attached hydrogens (tertiary/aromatic N) is 2. The second-order valence-electron chi connectivity index (χ2n) is 4.65.